The van der Waals surface area contributed by atoms with Gasteiger partial charge in [0.05, 0.1) is 17.7 Å². The molecule has 60 heavy (non-hydrogen) atoms. The Kier molecular flexibility index (Phi) is 14.3. The van der Waals surface area contributed by atoms with Crippen LogP contribution in [0.4, 0.5) is 25.9 Å². The number of fused-ring (bicyclic) bond motifs is 1. The number of hydrogen-bond acceptors (Lipinski definition) is 12. The second-order valence-electron chi connectivity index (χ2n) is 17.9. The number of carbonyl (C=O) groups is 4. The third-order valence-corrected chi connectivity index (χ3v) is 10.4. The van der Waals surface area contributed by atoms with Gasteiger partial charge in [-0.05, 0) is 126 Å². The molecule has 16 nitrogen and oxygen atoms in total. The van der Waals surface area contributed by atoms with Crippen LogP contribution in [-0.2, 0) is 33.8 Å². The van der Waals surface area contributed by atoms with E-state index in [1.807, 2.05) is 0 Å². The van der Waals surface area contributed by atoms with Crippen molar-refractivity contribution < 1.29 is 46.5 Å². The average molecular weight is 894 g/mol. The lowest BCUT2D eigenvalue weighted by atomic mass is 10.2. The largest absolute Gasteiger partial charge is 0.459 e. The third kappa shape index (κ3) is 13.3. The fourth-order valence-corrected chi connectivity index (χ4v) is 8.15. The van der Waals surface area contributed by atoms with Crippen LogP contribution >= 0.6 is 23.2 Å². The Balaban J connectivity index is 1.74. The SMILES string of the molecule is CC(C)(C)OC(=O)CN(c1ccc2c(ccn2-c2nccc(N(CCN(C(=O)OC(C)(C)C)C(=O)OC(C)(C)C)C(=O)OC(C)(C)C)n2)c1)S(=O)(=O)C1C=C(Cl)C=C(Cl)C1. The molecule has 19 heteroatoms. The summed E-state index contributed by atoms with van der Waals surface area (Å²) < 4.78 is 53.1. The zero-order valence-corrected chi connectivity index (χ0v) is 38.4. The number of rotatable bonds is 10. The molecular formula is C41H54Cl2N6O10S. The standard InChI is InChI=1S/C41H54Cl2N6O10S/c1-38(2,3)56-33(50)25-49(60(54,55)30-23-27(42)22-28(43)24-30)29-13-14-31-26(21-29)16-18-46(31)34-44-17-15-32(45-34)47(35(51)57-39(4,5)6)19-20-48(36(52)58-40(7,8)9)37(53)59-41(10,11)12/h13-18,21-23,30H,19-20,24-25H2,1-12H3. The quantitative estimate of drug-likeness (QED) is 0.140. The van der Waals surface area contributed by atoms with Crippen molar-refractivity contribution in [3.8, 4) is 5.95 Å². The van der Waals surface area contributed by atoms with Crippen molar-refractivity contribution in [1.82, 2.24) is 19.4 Å². The van der Waals surface area contributed by atoms with Crippen LogP contribution in [0.1, 0.15) is 89.5 Å². The molecule has 1 aliphatic carbocycles. The highest BCUT2D eigenvalue weighted by Crippen LogP contribution is 2.33. The highest BCUT2D eigenvalue weighted by molar-refractivity contribution is 7.93. The number of benzene rings is 1. The van der Waals surface area contributed by atoms with E-state index in [1.54, 1.807) is 112 Å². The normalized spacial score (nSPS) is 15.1. The maximum Gasteiger partial charge on any atom is 0.419 e. The van der Waals surface area contributed by atoms with Crippen molar-refractivity contribution >= 4 is 79.9 Å². The molecule has 1 unspecified atom stereocenters. The van der Waals surface area contributed by atoms with Gasteiger partial charge in [0.25, 0.3) is 0 Å². The van der Waals surface area contributed by atoms with Crippen LogP contribution in [0.5, 0.6) is 0 Å². The predicted molar refractivity (Wildman–Crippen MR) is 230 cm³/mol. The Labute approximate surface area is 361 Å². The van der Waals surface area contributed by atoms with E-state index in [2.05, 4.69) is 9.97 Å². The topological polar surface area (TPSA) is 180 Å². The first kappa shape index (κ1) is 47.8. The van der Waals surface area contributed by atoms with Crippen molar-refractivity contribution in [2.24, 2.45) is 0 Å². The van der Waals surface area contributed by atoms with Gasteiger partial charge in [0.2, 0.25) is 16.0 Å². The first-order valence-electron chi connectivity index (χ1n) is 19.1. The fraction of sp³-hybridized carbons (Fsp3) is 0.512. The highest BCUT2D eigenvalue weighted by atomic mass is 35.5. The summed E-state index contributed by atoms with van der Waals surface area (Å²) in [7, 11) is -4.28. The van der Waals surface area contributed by atoms with E-state index in [0.29, 0.717) is 10.9 Å². The van der Waals surface area contributed by atoms with Gasteiger partial charge in [-0.15, -0.1) is 0 Å². The van der Waals surface area contributed by atoms with Crippen LogP contribution in [0.25, 0.3) is 16.9 Å². The van der Waals surface area contributed by atoms with Crippen LogP contribution < -0.4 is 9.21 Å². The number of anilines is 2. The molecule has 4 rings (SSSR count). The lowest BCUT2D eigenvalue weighted by molar-refractivity contribution is -0.152. The summed E-state index contributed by atoms with van der Waals surface area (Å²) in [4.78, 5) is 64.4. The number of hydrogen-bond donors (Lipinski definition) is 0. The molecule has 3 aromatic rings. The fourth-order valence-electron chi connectivity index (χ4n) is 5.63. The van der Waals surface area contributed by atoms with Crippen LogP contribution in [0, 0.1) is 0 Å². The molecule has 1 aromatic carbocycles. The van der Waals surface area contributed by atoms with Crippen LogP contribution in [0.15, 0.2) is 64.9 Å². The van der Waals surface area contributed by atoms with E-state index in [-0.39, 0.29) is 47.0 Å². The number of imide groups is 1. The molecule has 0 radical (unpaired) electrons. The summed E-state index contributed by atoms with van der Waals surface area (Å²) in [5.41, 5.74) is -2.98. The molecule has 0 N–H and O–H groups in total. The Morgan fingerprint density at radius 3 is 1.90 bits per heavy atom. The van der Waals surface area contributed by atoms with Gasteiger partial charge in [-0.3, -0.25) is 18.6 Å². The number of nitrogens with zero attached hydrogens (tertiary/aromatic N) is 6. The second kappa shape index (κ2) is 18.0. The van der Waals surface area contributed by atoms with Gasteiger partial charge >= 0.3 is 24.2 Å². The van der Waals surface area contributed by atoms with E-state index < -0.39 is 68.5 Å². The molecule has 328 valence electrons. The summed E-state index contributed by atoms with van der Waals surface area (Å²) in [6, 6.07) is 7.94. The molecular weight excluding hydrogens is 839 g/mol. The van der Waals surface area contributed by atoms with Crippen molar-refractivity contribution in [2.45, 2.75) is 117 Å². The summed E-state index contributed by atoms with van der Waals surface area (Å²) in [5.74, 6) is -0.583. The summed E-state index contributed by atoms with van der Waals surface area (Å²) in [6.07, 6.45) is 3.10. The van der Waals surface area contributed by atoms with Crippen molar-refractivity contribution in [1.29, 1.82) is 0 Å². The number of halogens is 2. The number of aromatic nitrogens is 3. The Bertz CT molecular complexity index is 2250. The first-order valence-corrected chi connectivity index (χ1v) is 21.3. The van der Waals surface area contributed by atoms with Crippen molar-refractivity contribution in [2.75, 3.05) is 28.8 Å². The molecule has 0 saturated heterocycles. The predicted octanol–water partition coefficient (Wildman–Crippen LogP) is 8.83. The lowest BCUT2D eigenvalue weighted by Gasteiger charge is -2.31. The number of allylic oxidation sites excluding steroid dienone is 3. The third-order valence-electron chi connectivity index (χ3n) is 7.89. The van der Waals surface area contributed by atoms with E-state index in [9.17, 15) is 27.6 Å². The monoisotopic (exact) mass is 892 g/mol. The smallest absolute Gasteiger partial charge is 0.419 e. The molecule has 2 heterocycles. The molecule has 0 aliphatic heterocycles. The maximum absolute atomic E-state index is 14.2. The van der Waals surface area contributed by atoms with Gasteiger partial charge in [-0.2, -0.15) is 4.98 Å². The van der Waals surface area contributed by atoms with Crippen molar-refractivity contribution in [3.05, 3.63) is 64.9 Å². The van der Waals surface area contributed by atoms with Crippen molar-refractivity contribution in [3.63, 3.8) is 0 Å². The Morgan fingerprint density at radius 2 is 1.35 bits per heavy atom. The maximum atomic E-state index is 14.2. The minimum absolute atomic E-state index is 0.0441. The van der Waals surface area contributed by atoms with Crippen LogP contribution in [0.2, 0.25) is 0 Å². The molecule has 0 spiro atoms. The molecule has 1 atom stereocenters. The first-order chi connectivity index (χ1) is 27.4. The molecule has 3 amide bonds. The molecule has 2 aromatic heterocycles. The number of carbonyl (C=O) groups excluding carboxylic acids is 4. The molecule has 0 saturated carbocycles. The Hall–Kier alpha value is -4.87. The minimum Gasteiger partial charge on any atom is -0.459 e. The van der Waals surface area contributed by atoms with Gasteiger partial charge in [0.15, 0.2) is 0 Å². The summed E-state index contributed by atoms with van der Waals surface area (Å²) in [5, 5.41) is -0.206. The minimum atomic E-state index is -4.28. The zero-order chi connectivity index (χ0) is 45.2. The van der Waals surface area contributed by atoms with E-state index >= 15 is 0 Å². The van der Waals surface area contributed by atoms with Crippen LogP contribution in [-0.4, -0.2) is 99.4 Å². The number of esters is 1. The summed E-state index contributed by atoms with van der Waals surface area (Å²) in [6.45, 7) is 18.8. The summed E-state index contributed by atoms with van der Waals surface area (Å²) >= 11 is 12.5. The lowest BCUT2D eigenvalue weighted by Crippen LogP contribution is -2.48. The zero-order valence-electron chi connectivity index (χ0n) is 36.0. The second-order valence-corrected chi connectivity index (χ2v) is 20.9. The number of ether oxygens (including phenoxy) is 4. The average Bonchev–Trinajstić information content (AvgIpc) is 3.49. The van der Waals surface area contributed by atoms with E-state index in [1.165, 1.54) is 30.5 Å². The molecule has 0 fully saturated rings. The van der Waals surface area contributed by atoms with Crippen LogP contribution in [0.3, 0.4) is 0 Å². The number of sulfonamides is 1. The highest BCUT2D eigenvalue weighted by Gasteiger charge is 2.37. The molecule has 1 aliphatic rings. The Morgan fingerprint density at radius 1 is 0.783 bits per heavy atom. The van der Waals surface area contributed by atoms with Gasteiger partial charge in [0.1, 0.15) is 40.0 Å². The molecule has 0 bridgehead atoms. The van der Waals surface area contributed by atoms with Gasteiger partial charge < -0.3 is 18.9 Å². The van der Waals surface area contributed by atoms with Gasteiger partial charge in [0, 0.05) is 40.8 Å². The van der Waals surface area contributed by atoms with E-state index in [0.717, 1.165) is 14.1 Å². The van der Waals surface area contributed by atoms with Gasteiger partial charge in [-0.1, -0.05) is 23.2 Å². The number of amides is 3. The van der Waals surface area contributed by atoms with E-state index in [4.69, 9.17) is 42.1 Å². The van der Waals surface area contributed by atoms with Gasteiger partial charge in [-0.25, -0.2) is 32.7 Å².